The normalized spacial score (nSPS) is 20.0. The minimum Gasteiger partial charge on any atom is -0.496 e. The second-order valence-electron chi connectivity index (χ2n) is 7.38. The fourth-order valence-corrected chi connectivity index (χ4v) is 4.05. The molecule has 2 aliphatic rings. The van der Waals surface area contributed by atoms with Gasteiger partial charge in [-0.25, -0.2) is 0 Å². The Morgan fingerprint density at radius 3 is 2.48 bits per heavy atom. The Labute approximate surface area is 160 Å². The van der Waals surface area contributed by atoms with E-state index in [2.05, 4.69) is 17.0 Å². The van der Waals surface area contributed by atoms with E-state index in [9.17, 15) is 4.79 Å². The van der Waals surface area contributed by atoms with E-state index in [1.165, 1.54) is 5.56 Å². The molecule has 0 saturated carbocycles. The number of likely N-dealkylation sites (tertiary alicyclic amines) is 1. The molecule has 0 bridgehead atoms. The predicted molar refractivity (Wildman–Crippen MR) is 105 cm³/mol. The lowest BCUT2D eigenvalue weighted by Crippen LogP contribution is -2.58. The summed E-state index contributed by atoms with van der Waals surface area (Å²) in [6.45, 7) is 3.59. The van der Waals surface area contributed by atoms with Crippen LogP contribution >= 0.6 is 0 Å². The maximum absolute atomic E-state index is 12.4. The fraction of sp³-hybridized carbons (Fsp3) is 0.409. The second kappa shape index (κ2) is 7.71. The molecule has 0 aliphatic carbocycles. The summed E-state index contributed by atoms with van der Waals surface area (Å²) in [6.07, 6.45) is 1.86. The van der Waals surface area contributed by atoms with Gasteiger partial charge < -0.3 is 14.4 Å². The lowest BCUT2D eigenvalue weighted by atomic mass is 9.88. The zero-order valence-electron chi connectivity index (χ0n) is 15.8. The maximum atomic E-state index is 12.4. The molecule has 2 aliphatic heterocycles. The molecule has 4 rings (SSSR count). The number of piperidine rings is 1. The standard InChI is InChI=1S/C22H26N2O3/c1-26-20-10-6-5-7-18(20)15-23-13-11-22(12-14-23)17-24(21(25)16-27-22)19-8-3-2-4-9-19/h2-10H,11-17H2,1H3. The van der Waals surface area contributed by atoms with Gasteiger partial charge in [-0.1, -0.05) is 36.4 Å². The highest BCUT2D eigenvalue weighted by Crippen LogP contribution is 2.33. The molecule has 2 aromatic carbocycles. The quantitative estimate of drug-likeness (QED) is 0.834. The lowest BCUT2D eigenvalue weighted by Gasteiger charge is -2.47. The molecule has 0 aromatic heterocycles. The minimum absolute atomic E-state index is 0.0447. The van der Waals surface area contributed by atoms with Gasteiger partial charge in [-0.05, 0) is 31.0 Å². The number of amides is 1. The van der Waals surface area contributed by atoms with Crippen LogP contribution < -0.4 is 9.64 Å². The molecule has 2 heterocycles. The van der Waals surface area contributed by atoms with Crippen LogP contribution in [0.15, 0.2) is 54.6 Å². The average Bonchev–Trinajstić information content (AvgIpc) is 2.73. The Bertz CT molecular complexity index is 785. The van der Waals surface area contributed by atoms with Gasteiger partial charge in [0.25, 0.3) is 5.91 Å². The molecule has 142 valence electrons. The first kappa shape index (κ1) is 18.0. The first-order chi connectivity index (χ1) is 13.2. The number of carbonyl (C=O) groups excluding carboxylic acids is 1. The van der Waals surface area contributed by atoms with Crippen molar-refractivity contribution in [2.24, 2.45) is 0 Å². The van der Waals surface area contributed by atoms with Crippen LogP contribution in [-0.2, 0) is 16.1 Å². The Kier molecular flexibility index (Phi) is 5.14. The molecule has 0 atom stereocenters. The van der Waals surface area contributed by atoms with Crippen LogP contribution in [0, 0.1) is 0 Å². The molecule has 2 fully saturated rings. The molecule has 5 nitrogen and oxygen atoms in total. The highest BCUT2D eigenvalue weighted by atomic mass is 16.5. The Hall–Kier alpha value is -2.37. The zero-order chi connectivity index (χ0) is 18.7. The van der Waals surface area contributed by atoms with E-state index in [0.717, 1.165) is 43.9 Å². The maximum Gasteiger partial charge on any atom is 0.253 e. The highest BCUT2D eigenvalue weighted by Gasteiger charge is 2.42. The molecule has 2 aromatic rings. The van der Waals surface area contributed by atoms with Crippen LogP contribution in [0.25, 0.3) is 0 Å². The molecule has 27 heavy (non-hydrogen) atoms. The Morgan fingerprint density at radius 1 is 1.04 bits per heavy atom. The van der Waals surface area contributed by atoms with E-state index in [1.54, 1.807) is 7.11 Å². The van der Waals surface area contributed by atoms with E-state index in [4.69, 9.17) is 9.47 Å². The van der Waals surface area contributed by atoms with Crippen molar-refractivity contribution < 1.29 is 14.3 Å². The molecular weight excluding hydrogens is 340 g/mol. The minimum atomic E-state index is -0.235. The smallest absolute Gasteiger partial charge is 0.253 e. The van der Waals surface area contributed by atoms with E-state index in [1.807, 2.05) is 47.4 Å². The summed E-state index contributed by atoms with van der Waals surface area (Å²) in [5.74, 6) is 0.982. The Morgan fingerprint density at radius 2 is 1.74 bits per heavy atom. The van der Waals surface area contributed by atoms with Crippen molar-refractivity contribution in [2.45, 2.75) is 25.0 Å². The number of hydrogen-bond donors (Lipinski definition) is 0. The Balaban J connectivity index is 1.41. The predicted octanol–water partition coefficient (Wildman–Crippen LogP) is 3.09. The number of nitrogens with zero attached hydrogens (tertiary/aromatic N) is 2. The van der Waals surface area contributed by atoms with E-state index >= 15 is 0 Å². The monoisotopic (exact) mass is 366 g/mol. The molecular formula is C22H26N2O3. The average molecular weight is 366 g/mol. The molecule has 0 radical (unpaired) electrons. The van der Waals surface area contributed by atoms with Crippen molar-refractivity contribution in [1.82, 2.24) is 4.90 Å². The third-order valence-electron chi connectivity index (χ3n) is 5.67. The van der Waals surface area contributed by atoms with Crippen molar-refractivity contribution in [3.63, 3.8) is 0 Å². The van der Waals surface area contributed by atoms with Crippen LogP contribution in [0.5, 0.6) is 5.75 Å². The summed E-state index contributed by atoms with van der Waals surface area (Å²) < 4.78 is 11.5. The van der Waals surface area contributed by atoms with Gasteiger partial charge in [0.05, 0.1) is 19.3 Å². The van der Waals surface area contributed by atoms with Gasteiger partial charge in [0.2, 0.25) is 0 Å². The van der Waals surface area contributed by atoms with Crippen LogP contribution in [0.1, 0.15) is 18.4 Å². The summed E-state index contributed by atoms with van der Waals surface area (Å²) in [5, 5.41) is 0. The van der Waals surface area contributed by atoms with Gasteiger partial charge in [-0.3, -0.25) is 9.69 Å². The molecule has 5 heteroatoms. The number of hydrogen-bond acceptors (Lipinski definition) is 4. The number of carbonyl (C=O) groups is 1. The fourth-order valence-electron chi connectivity index (χ4n) is 4.05. The molecule has 0 N–H and O–H groups in total. The van der Waals surface area contributed by atoms with Crippen LogP contribution in [0.3, 0.4) is 0 Å². The third-order valence-corrected chi connectivity index (χ3v) is 5.67. The van der Waals surface area contributed by atoms with Crippen molar-refractivity contribution >= 4 is 11.6 Å². The van der Waals surface area contributed by atoms with Gasteiger partial charge in [0.1, 0.15) is 12.4 Å². The van der Waals surface area contributed by atoms with Gasteiger partial charge in [-0.2, -0.15) is 0 Å². The number of para-hydroxylation sites is 2. The van der Waals surface area contributed by atoms with E-state index in [-0.39, 0.29) is 18.1 Å². The van der Waals surface area contributed by atoms with Gasteiger partial charge in [0.15, 0.2) is 0 Å². The van der Waals surface area contributed by atoms with Gasteiger partial charge >= 0.3 is 0 Å². The van der Waals surface area contributed by atoms with Gasteiger partial charge in [-0.15, -0.1) is 0 Å². The molecule has 2 saturated heterocycles. The summed E-state index contributed by atoms with van der Waals surface area (Å²) >= 11 is 0. The number of morpholine rings is 1. The topological polar surface area (TPSA) is 42.0 Å². The van der Waals surface area contributed by atoms with E-state index in [0.29, 0.717) is 6.54 Å². The van der Waals surface area contributed by atoms with Crippen molar-refractivity contribution in [3.8, 4) is 5.75 Å². The second-order valence-corrected chi connectivity index (χ2v) is 7.38. The molecule has 1 spiro atoms. The lowest BCUT2D eigenvalue weighted by molar-refractivity contribution is -0.145. The zero-order valence-corrected chi connectivity index (χ0v) is 15.8. The van der Waals surface area contributed by atoms with Crippen LogP contribution in [0.4, 0.5) is 5.69 Å². The number of anilines is 1. The SMILES string of the molecule is COc1ccccc1CN1CCC2(CC1)CN(c1ccccc1)C(=O)CO2. The van der Waals surface area contributed by atoms with Crippen molar-refractivity contribution in [2.75, 3.05) is 38.3 Å². The molecule has 1 amide bonds. The number of ether oxygens (including phenoxy) is 2. The summed E-state index contributed by atoms with van der Waals surface area (Å²) in [6, 6.07) is 18.1. The van der Waals surface area contributed by atoms with E-state index < -0.39 is 0 Å². The van der Waals surface area contributed by atoms with Gasteiger partial charge in [0, 0.05) is 30.9 Å². The van der Waals surface area contributed by atoms with Crippen molar-refractivity contribution in [1.29, 1.82) is 0 Å². The number of benzene rings is 2. The number of rotatable bonds is 4. The van der Waals surface area contributed by atoms with Crippen LogP contribution in [0.2, 0.25) is 0 Å². The number of methoxy groups -OCH3 is 1. The molecule has 0 unspecified atom stereocenters. The summed E-state index contributed by atoms with van der Waals surface area (Å²) in [4.78, 5) is 16.7. The highest BCUT2D eigenvalue weighted by molar-refractivity contribution is 5.95. The third kappa shape index (κ3) is 3.84. The van der Waals surface area contributed by atoms with Crippen LogP contribution in [-0.4, -0.2) is 49.8 Å². The first-order valence-electron chi connectivity index (χ1n) is 9.53. The summed E-state index contributed by atoms with van der Waals surface area (Å²) in [7, 11) is 1.72. The first-order valence-corrected chi connectivity index (χ1v) is 9.53. The largest absolute Gasteiger partial charge is 0.496 e. The van der Waals surface area contributed by atoms with Crippen molar-refractivity contribution in [3.05, 3.63) is 60.2 Å². The summed E-state index contributed by atoms with van der Waals surface area (Å²) in [5.41, 5.74) is 1.93.